The molecule has 1 unspecified atom stereocenters. The van der Waals surface area contributed by atoms with Crippen molar-refractivity contribution in [3.63, 3.8) is 0 Å². The Balaban J connectivity index is 2.57. The highest BCUT2D eigenvalue weighted by Crippen LogP contribution is 2.25. The average Bonchev–Trinajstić information content (AvgIpc) is 2.22. The molecular formula is C11H15Cl2NO. The molecule has 4 heteroatoms. The number of halogens is 2. The monoisotopic (exact) mass is 247 g/mol. The normalized spacial score (nSPS) is 12.8. The van der Waals surface area contributed by atoms with Crippen molar-refractivity contribution in [2.75, 3.05) is 13.1 Å². The molecule has 0 fully saturated rings. The number of benzene rings is 1. The van der Waals surface area contributed by atoms with Gasteiger partial charge in [0.2, 0.25) is 0 Å². The fourth-order valence-electron chi connectivity index (χ4n) is 1.25. The van der Waals surface area contributed by atoms with Crippen molar-refractivity contribution in [3.05, 3.63) is 33.8 Å². The van der Waals surface area contributed by atoms with Crippen molar-refractivity contribution < 1.29 is 5.11 Å². The maximum atomic E-state index is 9.80. The Bertz CT molecular complexity index is 317. The second kappa shape index (κ2) is 6.33. The quantitative estimate of drug-likeness (QED) is 0.785. The molecule has 0 saturated heterocycles. The van der Waals surface area contributed by atoms with Gasteiger partial charge in [0.15, 0.2) is 0 Å². The summed E-state index contributed by atoms with van der Waals surface area (Å²) in [6.07, 6.45) is 0.514. The molecule has 0 aliphatic heterocycles. The Morgan fingerprint density at radius 3 is 2.67 bits per heavy atom. The molecule has 0 aliphatic carbocycles. The number of aliphatic hydroxyl groups is 1. The molecule has 0 aromatic heterocycles. The van der Waals surface area contributed by atoms with Crippen molar-refractivity contribution in [1.29, 1.82) is 0 Å². The molecule has 0 aliphatic rings. The molecule has 1 aromatic carbocycles. The van der Waals surface area contributed by atoms with E-state index in [0.717, 1.165) is 18.5 Å². The van der Waals surface area contributed by atoms with Gasteiger partial charge in [0.05, 0.1) is 16.1 Å². The molecule has 0 bridgehead atoms. The lowest BCUT2D eigenvalue weighted by Crippen LogP contribution is -2.22. The Labute approximate surface area is 100 Å². The minimum atomic E-state index is -0.536. The number of hydrogen-bond donors (Lipinski definition) is 2. The van der Waals surface area contributed by atoms with Gasteiger partial charge in [-0.2, -0.15) is 0 Å². The van der Waals surface area contributed by atoms with Gasteiger partial charge in [-0.25, -0.2) is 0 Å². The van der Waals surface area contributed by atoms with Crippen LogP contribution in [0.1, 0.15) is 25.0 Å². The predicted molar refractivity (Wildman–Crippen MR) is 64.6 cm³/mol. The van der Waals surface area contributed by atoms with Crippen LogP contribution in [0.15, 0.2) is 18.2 Å². The van der Waals surface area contributed by atoms with E-state index in [4.69, 9.17) is 23.2 Å². The lowest BCUT2D eigenvalue weighted by atomic mass is 10.1. The largest absolute Gasteiger partial charge is 0.387 e. The average molecular weight is 248 g/mol. The maximum absolute atomic E-state index is 9.80. The van der Waals surface area contributed by atoms with Crippen molar-refractivity contribution >= 4 is 23.2 Å². The topological polar surface area (TPSA) is 32.3 Å². The van der Waals surface area contributed by atoms with Gasteiger partial charge in [-0.3, -0.25) is 0 Å². The Morgan fingerprint density at radius 2 is 2.07 bits per heavy atom. The summed E-state index contributed by atoms with van der Waals surface area (Å²) in [5.74, 6) is 0. The molecule has 0 amide bonds. The molecule has 0 saturated carbocycles. The molecule has 0 spiro atoms. The first-order valence-corrected chi connectivity index (χ1v) is 5.74. The van der Waals surface area contributed by atoms with E-state index < -0.39 is 6.10 Å². The molecule has 1 aromatic rings. The van der Waals surface area contributed by atoms with Gasteiger partial charge in [-0.15, -0.1) is 0 Å². The van der Waals surface area contributed by atoms with Crippen LogP contribution in [-0.2, 0) is 0 Å². The highest BCUT2D eigenvalue weighted by Gasteiger charge is 2.08. The summed E-state index contributed by atoms with van der Waals surface area (Å²) >= 11 is 11.6. The van der Waals surface area contributed by atoms with Gasteiger partial charge in [-0.1, -0.05) is 36.2 Å². The van der Waals surface area contributed by atoms with Gasteiger partial charge in [0.1, 0.15) is 0 Å². The van der Waals surface area contributed by atoms with Crippen molar-refractivity contribution in [2.45, 2.75) is 19.4 Å². The van der Waals surface area contributed by atoms with Crippen molar-refractivity contribution in [2.24, 2.45) is 0 Å². The van der Waals surface area contributed by atoms with Crippen LogP contribution in [0.2, 0.25) is 10.0 Å². The summed E-state index contributed by atoms with van der Waals surface area (Å²) in [5.41, 5.74) is 0.785. The van der Waals surface area contributed by atoms with Gasteiger partial charge >= 0.3 is 0 Å². The molecule has 15 heavy (non-hydrogen) atoms. The van der Waals surface area contributed by atoms with Crippen LogP contribution < -0.4 is 5.32 Å². The summed E-state index contributed by atoms with van der Waals surface area (Å²) in [7, 11) is 0. The lowest BCUT2D eigenvalue weighted by Gasteiger charge is -2.12. The summed E-state index contributed by atoms with van der Waals surface area (Å²) in [4.78, 5) is 0. The zero-order valence-electron chi connectivity index (χ0n) is 8.63. The van der Waals surface area contributed by atoms with Crippen LogP contribution in [0.25, 0.3) is 0 Å². The van der Waals surface area contributed by atoms with Gasteiger partial charge in [0.25, 0.3) is 0 Å². The van der Waals surface area contributed by atoms with E-state index in [1.165, 1.54) is 0 Å². The van der Waals surface area contributed by atoms with E-state index in [1.54, 1.807) is 18.2 Å². The Morgan fingerprint density at radius 1 is 1.33 bits per heavy atom. The fraction of sp³-hybridized carbons (Fsp3) is 0.455. The zero-order valence-corrected chi connectivity index (χ0v) is 10.1. The minimum absolute atomic E-state index is 0.476. The van der Waals surface area contributed by atoms with E-state index in [0.29, 0.717) is 16.6 Å². The van der Waals surface area contributed by atoms with Gasteiger partial charge in [0, 0.05) is 6.54 Å². The van der Waals surface area contributed by atoms with Crippen LogP contribution in [0.3, 0.4) is 0 Å². The first-order valence-electron chi connectivity index (χ1n) is 4.99. The summed E-state index contributed by atoms with van der Waals surface area (Å²) in [5, 5.41) is 13.9. The number of hydrogen-bond acceptors (Lipinski definition) is 2. The first kappa shape index (κ1) is 12.8. The van der Waals surface area contributed by atoms with Gasteiger partial charge in [-0.05, 0) is 30.7 Å². The first-order chi connectivity index (χ1) is 7.15. The molecule has 2 N–H and O–H groups in total. The van der Waals surface area contributed by atoms with Crippen LogP contribution in [0.4, 0.5) is 0 Å². The third kappa shape index (κ3) is 3.99. The Hall–Kier alpha value is -0.280. The fourth-order valence-corrected chi connectivity index (χ4v) is 1.56. The van der Waals surface area contributed by atoms with Crippen LogP contribution in [0, 0.1) is 0 Å². The van der Waals surface area contributed by atoms with E-state index in [-0.39, 0.29) is 0 Å². The van der Waals surface area contributed by atoms with Crippen LogP contribution in [-0.4, -0.2) is 18.2 Å². The maximum Gasteiger partial charge on any atom is 0.0914 e. The third-order valence-electron chi connectivity index (χ3n) is 2.09. The smallest absolute Gasteiger partial charge is 0.0914 e. The summed E-state index contributed by atoms with van der Waals surface area (Å²) in [6.45, 7) is 3.52. The van der Waals surface area contributed by atoms with E-state index >= 15 is 0 Å². The zero-order chi connectivity index (χ0) is 11.3. The Kier molecular flexibility index (Phi) is 5.40. The van der Waals surface area contributed by atoms with Gasteiger partial charge < -0.3 is 10.4 Å². The third-order valence-corrected chi connectivity index (χ3v) is 2.83. The molecule has 0 heterocycles. The molecule has 84 valence electrons. The van der Waals surface area contributed by atoms with E-state index in [2.05, 4.69) is 12.2 Å². The summed E-state index contributed by atoms with van der Waals surface area (Å²) < 4.78 is 0. The second-order valence-electron chi connectivity index (χ2n) is 3.39. The molecule has 0 radical (unpaired) electrons. The standard InChI is InChI=1S/C11H15Cl2NO/c1-2-5-14-7-11(15)8-3-4-9(12)10(13)6-8/h3-4,6,11,14-15H,2,5,7H2,1H3. The lowest BCUT2D eigenvalue weighted by molar-refractivity contribution is 0.175. The highest BCUT2D eigenvalue weighted by atomic mass is 35.5. The van der Waals surface area contributed by atoms with Crippen molar-refractivity contribution in [3.8, 4) is 0 Å². The SMILES string of the molecule is CCCNCC(O)c1ccc(Cl)c(Cl)c1. The molecule has 1 atom stereocenters. The van der Waals surface area contributed by atoms with Crippen LogP contribution >= 0.6 is 23.2 Å². The van der Waals surface area contributed by atoms with E-state index in [9.17, 15) is 5.11 Å². The minimum Gasteiger partial charge on any atom is -0.387 e. The number of aliphatic hydroxyl groups excluding tert-OH is 1. The summed E-state index contributed by atoms with van der Waals surface area (Å²) in [6, 6.07) is 5.18. The molecule has 1 rings (SSSR count). The molecular weight excluding hydrogens is 233 g/mol. The van der Waals surface area contributed by atoms with Crippen molar-refractivity contribution in [1.82, 2.24) is 5.32 Å². The second-order valence-corrected chi connectivity index (χ2v) is 4.21. The number of nitrogens with one attached hydrogen (secondary N) is 1. The highest BCUT2D eigenvalue weighted by molar-refractivity contribution is 6.42. The predicted octanol–water partition coefficient (Wildman–Crippen LogP) is 3.03. The number of rotatable bonds is 5. The van der Waals surface area contributed by atoms with E-state index in [1.807, 2.05) is 0 Å². The molecule has 2 nitrogen and oxygen atoms in total. The van der Waals surface area contributed by atoms with Crippen LogP contribution in [0.5, 0.6) is 0 Å².